The largest absolute Gasteiger partial charge is 0.494 e. The molecule has 0 aliphatic carbocycles. The van der Waals surface area contributed by atoms with Crippen molar-refractivity contribution >= 4 is 10.9 Å². The zero-order valence-electron chi connectivity index (χ0n) is 18.3. The highest BCUT2D eigenvalue weighted by Gasteiger charge is 2.15. The summed E-state index contributed by atoms with van der Waals surface area (Å²) in [4.78, 5) is 15.3. The highest BCUT2D eigenvalue weighted by Crippen LogP contribution is 2.33. The minimum absolute atomic E-state index is 0.188. The molecule has 0 aliphatic rings. The van der Waals surface area contributed by atoms with E-state index in [1.165, 1.54) is 18.3 Å². The lowest BCUT2D eigenvalue weighted by atomic mass is 10.1. The van der Waals surface area contributed by atoms with Gasteiger partial charge in [-0.3, -0.25) is 4.79 Å². The molecule has 0 atom stereocenters. The Morgan fingerprint density at radius 1 is 1.10 bits per heavy atom. The van der Waals surface area contributed by atoms with Crippen molar-refractivity contribution in [2.24, 2.45) is 0 Å². The first kappa shape index (κ1) is 22.6. The highest BCUT2D eigenvalue weighted by molar-refractivity contribution is 5.88. The maximum absolute atomic E-state index is 12.4. The quantitative estimate of drug-likeness (QED) is 0.384. The molecule has 1 aromatic heterocycles. The van der Waals surface area contributed by atoms with Crippen LogP contribution < -0.4 is 19.8 Å². The number of pyridine rings is 1. The molecular weight excluding hydrogens is 366 g/mol. The second-order valence-electron chi connectivity index (χ2n) is 7.41. The fourth-order valence-corrected chi connectivity index (χ4v) is 2.94. The van der Waals surface area contributed by atoms with Crippen LogP contribution in [0.25, 0.3) is 10.9 Å². The predicted molar refractivity (Wildman–Crippen MR) is 119 cm³/mol. The Morgan fingerprint density at radius 2 is 1.90 bits per heavy atom. The molecular formula is C24H33NO4. The van der Waals surface area contributed by atoms with E-state index in [9.17, 15) is 4.79 Å². The van der Waals surface area contributed by atoms with Crippen molar-refractivity contribution in [2.75, 3.05) is 20.3 Å². The number of rotatable bonds is 11. The van der Waals surface area contributed by atoms with Gasteiger partial charge in [0.2, 0.25) is 5.75 Å². The fourth-order valence-electron chi connectivity index (χ4n) is 2.94. The molecule has 0 saturated heterocycles. The van der Waals surface area contributed by atoms with Crippen LogP contribution in [0.3, 0.4) is 0 Å². The number of nitrogens with one attached hydrogen (secondary N) is 1. The second kappa shape index (κ2) is 11.3. The van der Waals surface area contributed by atoms with Gasteiger partial charge in [0.05, 0.1) is 19.2 Å². The van der Waals surface area contributed by atoms with E-state index in [0.717, 1.165) is 36.8 Å². The van der Waals surface area contributed by atoms with Gasteiger partial charge in [0.25, 0.3) is 5.56 Å². The first-order chi connectivity index (χ1) is 14.0. The Balaban J connectivity index is 2.21. The van der Waals surface area contributed by atoms with Gasteiger partial charge in [0, 0.05) is 11.5 Å². The van der Waals surface area contributed by atoms with Crippen molar-refractivity contribution in [3.8, 4) is 17.2 Å². The number of aromatic nitrogens is 1. The minimum atomic E-state index is -0.315. The maximum Gasteiger partial charge on any atom is 0.294 e. The Bertz CT molecular complexity index is 920. The van der Waals surface area contributed by atoms with E-state index in [1.54, 1.807) is 0 Å². The molecule has 0 aliphatic heterocycles. The molecule has 2 rings (SSSR count). The van der Waals surface area contributed by atoms with E-state index >= 15 is 0 Å². The number of fused-ring (bicyclic) bond motifs is 1. The van der Waals surface area contributed by atoms with Crippen molar-refractivity contribution in [3.63, 3.8) is 0 Å². The zero-order chi connectivity index (χ0) is 21.2. The van der Waals surface area contributed by atoms with Crippen LogP contribution in [0.15, 0.2) is 46.3 Å². The van der Waals surface area contributed by atoms with E-state index in [-0.39, 0.29) is 11.3 Å². The zero-order valence-corrected chi connectivity index (χ0v) is 18.3. The normalized spacial score (nSPS) is 11.4. The van der Waals surface area contributed by atoms with Gasteiger partial charge < -0.3 is 19.2 Å². The van der Waals surface area contributed by atoms with Crippen LogP contribution in [-0.4, -0.2) is 25.3 Å². The summed E-state index contributed by atoms with van der Waals surface area (Å²) < 4.78 is 17.0. The van der Waals surface area contributed by atoms with Gasteiger partial charge >= 0.3 is 0 Å². The number of hydrogen-bond donors (Lipinski definition) is 1. The minimum Gasteiger partial charge on any atom is -0.494 e. The summed E-state index contributed by atoms with van der Waals surface area (Å²) in [6.45, 7) is 9.45. The summed E-state index contributed by atoms with van der Waals surface area (Å²) in [6.07, 6.45) is 8.34. The number of benzene rings is 1. The van der Waals surface area contributed by atoms with E-state index < -0.39 is 0 Å². The summed E-state index contributed by atoms with van der Waals surface area (Å²) in [6, 6.07) is 5.62. The molecule has 0 saturated carbocycles. The van der Waals surface area contributed by atoms with Crippen LogP contribution in [0, 0.1) is 0 Å². The lowest BCUT2D eigenvalue weighted by molar-refractivity contribution is 0.309. The Hall–Kier alpha value is -2.69. The van der Waals surface area contributed by atoms with E-state index in [2.05, 4.69) is 38.8 Å². The summed E-state index contributed by atoms with van der Waals surface area (Å²) in [5.74, 6) is 1.38. The van der Waals surface area contributed by atoms with Crippen LogP contribution in [0.4, 0.5) is 0 Å². The third kappa shape index (κ3) is 6.70. The van der Waals surface area contributed by atoms with Gasteiger partial charge in [-0.1, -0.05) is 30.6 Å². The van der Waals surface area contributed by atoms with E-state index in [4.69, 9.17) is 14.2 Å². The average Bonchev–Trinajstić information content (AvgIpc) is 2.67. The molecule has 0 bridgehead atoms. The summed E-state index contributed by atoms with van der Waals surface area (Å²) in [5.41, 5.74) is 2.93. The van der Waals surface area contributed by atoms with E-state index in [0.29, 0.717) is 24.5 Å². The van der Waals surface area contributed by atoms with Crippen LogP contribution in [0.5, 0.6) is 17.2 Å². The highest BCUT2D eigenvalue weighted by atomic mass is 16.5. The van der Waals surface area contributed by atoms with Crippen molar-refractivity contribution in [1.29, 1.82) is 0 Å². The van der Waals surface area contributed by atoms with Crippen LogP contribution >= 0.6 is 0 Å². The SMILES string of the molecule is CCCCOc1ccc2c(OC/C=C(\C)CCC=C(C)C)c(OC)c(=O)[nH]c2c1. The van der Waals surface area contributed by atoms with Crippen molar-refractivity contribution < 1.29 is 14.2 Å². The standard InChI is InChI=1S/C24H33NO4/c1-6-7-14-28-19-11-12-20-21(16-19)25-24(26)23(27-5)22(20)29-15-13-18(4)10-8-9-17(2)3/h9,11-13,16H,6-8,10,14-15H2,1-5H3,(H,25,26)/b18-13+. The number of ether oxygens (including phenoxy) is 3. The van der Waals surface area contributed by atoms with Gasteiger partial charge in [-0.2, -0.15) is 0 Å². The summed E-state index contributed by atoms with van der Waals surface area (Å²) in [7, 11) is 1.48. The molecule has 0 fully saturated rings. The lowest BCUT2D eigenvalue weighted by Crippen LogP contribution is -2.12. The third-order valence-corrected chi connectivity index (χ3v) is 4.62. The molecule has 2 aromatic rings. The van der Waals surface area contributed by atoms with Crippen LogP contribution in [-0.2, 0) is 0 Å². The summed E-state index contributed by atoms with van der Waals surface area (Å²) in [5, 5.41) is 0.792. The number of H-pyrrole nitrogens is 1. The second-order valence-corrected chi connectivity index (χ2v) is 7.41. The predicted octanol–water partition coefficient (Wildman–Crippen LogP) is 5.79. The number of unbranched alkanes of at least 4 members (excludes halogenated alkanes) is 1. The molecule has 29 heavy (non-hydrogen) atoms. The number of allylic oxidation sites excluding steroid dienone is 3. The van der Waals surface area contributed by atoms with E-state index in [1.807, 2.05) is 24.3 Å². The molecule has 1 heterocycles. The number of methoxy groups -OCH3 is 1. The molecule has 1 N–H and O–H groups in total. The van der Waals surface area contributed by atoms with Crippen molar-refractivity contribution in [3.05, 3.63) is 51.9 Å². The smallest absolute Gasteiger partial charge is 0.294 e. The average molecular weight is 400 g/mol. The first-order valence-electron chi connectivity index (χ1n) is 10.2. The Labute approximate surface area is 173 Å². The van der Waals surface area contributed by atoms with Crippen LogP contribution in [0.2, 0.25) is 0 Å². The fraction of sp³-hybridized carbons (Fsp3) is 0.458. The Kier molecular flexibility index (Phi) is 8.84. The molecule has 0 unspecified atom stereocenters. The topological polar surface area (TPSA) is 60.6 Å². The maximum atomic E-state index is 12.4. The summed E-state index contributed by atoms with van der Waals surface area (Å²) >= 11 is 0. The Morgan fingerprint density at radius 3 is 2.59 bits per heavy atom. The van der Waals surface area contributed by atoms with Crippen molar-refractivity contribution in [1.82, 2.24) is 4.98 Å². The lowest BCUT2D eigenvalue weighted by Gasteiger charge is -2.13. The number of aromatic amines is 1. The molecule has 0 spiro atoms. The van der Waals surface area contributed by atoms with Crippen molar-refractivity contribution in [2.45, 2.75) is 53.4 Å². The van der Waals surface area contributed by atoms with Gasteiger partial charge in [-0.25, -0.2) is 0 Å². The third-order valence-electron chi connectivity index (χ3n) is 4.62. The van der Waals surface area contributed by atoms with Gasteiger partial charge in [-0.15, -0.1) is 0 Å². The molecule has 0 amide bonds. The number of hydrogen-bond acceptors (Lipinski definition) is 4. The first-order valence-corrected chi connectivity index (χ1v) is 10.2. The van der Waals surface area contributed by atoms with Crippen LogP contribution in [0.1, 0.15) is 53.4 Å². The molecule has 158 valence electrons. The van der Waals surface area contributed by atoms with Gasteiger partial charge in [0.15, 0.2) is 5.75 Å². The monoisotopic (exact) mass is 399 g/mol. The molecule has 5 nitrogen and oxygen atoms in total. The molecule has 5 heteroatoms. The molecule has 1 aromatic carbocycles. The van der Waals surface area contributed by atoms with Gasteiger partial charge in [0.1, 0.15) is 12.4 Å². The van der Waals surface area contributed by atoms with Gasteiger partial charge in [-0.05, 0) is 58.2 Å². The molecule has 0 radical (unpaired) electrons.